The summed E-state index contributed by atoms with van der Waals surface area (Å²) in [7, 11) is 0. The highest BCUT2D eigenvalue weighted by Gasteiger charge is 2.23. The van der Waals surface area contributed by atoms with Gasteiger partial charge in [-0.25, -0.2) is 9.59 Å². The third-order valence-corrected chi connectivity index (χ3v) is 5.26. The van der Waals surface area contributed by atoms with E-state index in [1.807, 2.05) is 30.3 Å². The van der Waals surface area contributed by atoms with Crippen LogP contribution in [-0.2, 0) is 22.6 Å². The molecular formula is C28H28O7. The van der Waals surface area contributed by atoms with Crippen molar-refractivity contribution in [2.24, 2.45) is 0 Å². The standard InChI is InChI=1S/C28H28O7/c1-3-4-16-33-24-15-9-14-22(26(24)34-18-20-11-6-5-7-12-20)28(32)35-25-19(2)10-8-13-21(25)17-23(29)27(30)31/h5-15H,3-4,16-18H2,1-2H3,(H,30,31). The molecule has 0 atom stereocenters. The number of carboxylic acids is 1. The molecule has 3 aromatic carbocycles. The minimum atomic E-state index is -1.54. The van der Waals surface area contributed by atoms with Crippen molar-refractivity contribution >= 4 is 17.7 Å². The second-order valence-electron chi connectivity index (χ2n) is 7.97. The Morgan fingerprint density at radius 3 is 2.31 bits per heavy atom. The monoisotopic (exact) mass is 476 g/mol. The van der Waals surface area contributed by atoms with E-state index in [4.69, 9.17) is 19.3 Å². The summed E-state index contributed by atoms with van der Waals surface area (Å²) in [4.78, 5) is 36.1. The number of Topliss-reactive ketones (excluding diaryl/α,β-unsaturated/α-hetero) is 1. The number of unbranched alkanes of at least 4 members (excludes halogenated alkanes) is 1. The van der Waals surface area contributed by atoms with Gasteiger partial charge < -0.3 is 19.3 Å². The number of rotatable bonds is 12. The van der Waals surface area contributed by atoms with Gasteiger partial charge in [0.05, 0.1) is 6.61 Å². The normalized spacial score (nSPS) is 10.5. The van der Waals surface area contributed by atoms with Crippen molar-refractivity contribution in [3.63, 3.8) is 0 Å². The van der Waals surface area contributed by atoms with Gasteiger partial charge in [0.1, 0.15) is 17.9 Å². The topological polar surface area (TPSA) is 99.1 Å². The lowest BCUT2D eigenvalue weighted by Crippen LogP contribution is -2.18. The fourth-order valence-corrected chi connectivity index (χ4v) is 3.39. The van der Waals surface area contributed by atoms with Crippen molar-refractivity contribution in [3.8, 4) is 17.2 Å². The fourth-order valence-electron chi connectivity index (χ4n) is 3.39. The van der Waals surface area contributed by atoms with E-state index in [-0.39, 0.29) is 23.7 Å². The van der Waals surface area contributed by atoms with Crippen molar-refractivity contribution in [1.29, 1.82) is 0 Å². The molecule has 0 aliphatic heterocycles. The lowest BCUT2D eigenvalue weighted by atomic mass is 10.0. The number of benzene rings is 3. The first-order chi connectivity index (χ1) is 16.9. The summed E-state index contributed by atoms with van der Waals surface area (Å²) < 4.78 is 17.6. The van der Waals surface area contributed by atoms with Gasteiger partial charge in [0.15, 0.2) is 11.5 Å². The van der Waals surface area contributed by atoms with E-state index in [0.29, 0.717) is 23.5 Å². The molecule has 0 radical (unpaired) electrons. The maximum absolute atomic E-state index is 13.3. The Bertz CT molecular complexity index is 1190. The summed E-state index contributed by atoms with van der Waals surface area (Å²) in [6.45, 7) is 4.46. The third kappa shape index (κ3) is 6.93. The van der Waals surface area contributed by atoms with Crippen LogP contribution < -0.4 is 14.2 Å². The minimum absolute atomic E-state index is 0.151. The smallest absolute Gasteiger partial charge is 0.372 e. The summed E-state index contributed by atoms with van der Waals surface area (Å²) in [6, 6.07) is 19.5. The highest BCUT2D eigenvalue weighted by molar-refractivity contribution is 6.33. The zero-order valence-corrected chi connectivity index (χ0v) is 19.8. The zero-order chi connectivity index (χ0) is 25.2. The van der Waals surface area contributed by atoms with Gasteiger partial charge in [-0.1, -0.05) is 67.9 Å². The Morgan fingerprint density at radius 1 is 0.857 bits per heavy atom. The van der Waals surface area contributed by atoms with Gasteiger partial charge in [-0.3, -0.25) is 4.79 Å². The molecule has 1 N–H and O–H groups in total. The number of hydrogen-bond acceptors (Lipinski definition) is 6. The summed E-state index contributed by atoms with van der Waals surface area (Å²) in [5.41, 5.74) is 1.99. The van der Waals surface area contributed by atoms with E-state index < -0.39 is 24.1 Å². The Labute approximate surface area is 204 Å². The molecule has 0 unspecified atom stereocenters. The van der Waals surface area contributed by atoms with Crippen molar-refractivity contribution < 1.29 is 33.7 Å². The maximum atomic E-state index is 13.3. The van der Waals surface area contributed by atoms with Crippen LogP contribution in [0.2, 0.25) is 0 Å². The van der Waals surface area contributed by atoms with Gasteiger partial charge in [0.2, 0.25) is 5.78 Å². The molecule has 7 nitrogen and oxygen atoms in total. The number of carbonyl (C=O) groups is 3. The molecule has 0 fully saturated rings. The Balaban J connectivity index is 1.92. The summed E-state index contributed by atoms with van der Waals surface area (Å²) in [5, 5.41) is 8.98. The van der Waals surface area contributed by atoms with Crippen LogP contribution in [0.4, 0.5) is 0 Å². The fraction of sp³-hybridized carbons (Fsp3) is 0.250. The van der Waals surface area contributed by atoms with Gasteiger partial charge in [0.25, 0.3) is 0 Å². The van der Waals surface area contributed by atoms with Crippen LogP contribution in [0, 0.1) is 6.92 Å². The predicted molar refractivity (Wildman–Crippen MR) is 130 cm³/mol. The molecule has 0 aromatic heterocycles. The maximum Gasteiger partial charge on any atom is 0.372 e. The van der Waals surface area contributed by atoms with E-state index in [2.05, 4.69) is 6.92 Å². The molecule has 0 spiro atoms. The number of para-hydroxylation sites is 2. The molecule has 3 rings (SSSR count). The molecule has 0 amide bonds. The Kier molecular flexibility index (Phi) is 9.01. The van der Waals surface area contributed by atoms with Gasteiger partial charge in [-0.2, -0.15) is 0 Å². The lowest BCUT2D eigenvalue weighted by molar-refractivity contribution is -0.148. The summed E-state index contributed by atoms with van der Waals surface area (Å²) in [6.07, 6.45) is 1.40. The van der Waals surface area contributed by atoms with Crippen LogP contribution in [-0.4, -0.2) is 29.4 Å². The van der Waals surface area contributed by atoms with E-state index in [0.717, 1.165) is 18.4 Å². The summed E-state index contributed by atoms with van der Waals surface area (Å²) in [5.74, 6) is -2.40. The molecule has 0 saturated carbocycles. The molecule has 0 saturated heterocycles. The number of hydrogen-bond donors (Lipinski definition) is 1. The number of carboxylic acid groups (broad SMARTS) is 1. The first-order valence-electron chi connectivity index (χ1n) is 11.4. The number of ether oxygens (including phenoxy) is 3. The second-order valence-corrected chi connectivity index (χ2v) is 7.97. The average Bonchev–Trinajstić information content (AvgIpc) is 2.85. The lowest BCUT2D eigenvalue weighted by Gasteiger charge is -2.17. The first-order valence-corrected chi connectivity index (χ1v) is 11.4. The SMILES string of the molecule is CCCCOc1cccc(C(=O)Oc2c(C)cccc2CC(=O)C(=O)O)c1OCc1ccccc1. The molecule has 0 bridgehead atoms. The van der Waals surface area contributed by atoms with Crippen LogP contribution >= 0.6 is 0 Å². The molecule has 35 heavy (non-hydrogen) atoms. The molecule has 3 aromatic rings. The van der Waals surface area contributed by atoms with Gasteiger partial charge in [-0.15, -0.1) is 0 Å². The number of aliphatic carboxylic acids is 1. The zero-order valence-electron chi connectivity index (χ0n) is 19.8. The van der Waals surface area contributed by atoms with Crippen LogP contribution in [0.15, 0.2) is 66.7 Å². The van der Waals surface area contributed by atoms with E-state index >= 15 is 0 Å². The first kappa shape index (κ1) is 25.5. The van der Waals surface area contributed by atoms with E-state index in [1.165, 1.54) is 0 Å². The van der Waals surface area contributed by atoms with Crippen LogP contribution in [0.3, 0.4) is 0 Å². The third-order valence-electron chi connectivity index (χ3n) is 5.26. The van der Waals surface area contributed by atoms with Crippen molar-refractivity contribution in [2.75, 3.05) is 6.61 Å². The van der Waals surface area contributed by atoms with Crippen LogP contribution in [0.1, 0.15) is 46.8 Å². The molecule has 182 valence electrons. The molecule has 7 heteroatoms. The minimum Gasteiger partial charge on any atom is -0.490 e. The van der Waals surface area contributed by atoms with Gasteiger partial charge in [0, 0.05) is 12.0 Å². The molecule has 0 aliphatic carbocycles. The predicted octanol–water partition coefficient (Wildman–Crippen LogP) is 5.17. The number of aryl methyl sites for hydroxylation is 1. The Morgan fingerprint density at radius 2 is 1.60 bits per heavy atom. The van der Waals surface area contributed by atoms with E-state index in [1.54, 1.807) is 43.3 Å². The van der Waals surface area contributed by atoms with Gasteiger partial charge in [-0.05, 0) is 36.6 Å². The molecule has 0 aliphatic rings. The number of ketones is 1. The van der Waals surface area contributed by atoms with Crippen molar-refractivity contribution in [1.82, 2.24) is 0 Å². The van der Waals surface area contributed by atoms with Crippen LogP contribution in [0.25, 0.3) is 0 Å². The quantitative estimate of drug-likeness (QED) is 0.167. The van der Waals surface area contributed by atoms with Crippen molar-refractivity contribution in [3.05, 3.63) is 89.0 Å². The summed E-state index contributed by atoms with van der Waals surface area (Å²) >= 11 is 0. The van der Waals surface area contributed by atoms with Crippen molar-refractivity contribution in [2.45, 2.75) is 39.7 Å². The Hall–Kier alpha value is -4.13. The highest BCUT2D eigenvalue weighted by Crippen LogP contribution is 2.34. The second kappa shape index (κ2) is 12.4. The van der Waals surface area contributed by atoms with Gasteiger partial charge >= 0.3 is 11.9 Å². The number of carbonyl (C=O) groups excluding carboxylic acids is 2. The highest BCUT2D eigenvalue weighted by atomic mass is 16.5. The van der Waals surface area contributed by atoms with Crippen LogP contribution in [0.5, 0.6) is 17.2 Å². The largest absolute Gasteiger partial charge is 0.490 e. The number of esters is 1. The average molecular weight is 477 g/mol. The molecular weight excluding hydrogens is 448 g/mol. The molecule has 0 heterocycles. The van der Waals surface area contributed by atoms with E-state index in [9.17, 15) is 14.4 Å².